The van der Waals surface area contributed by atoms with Crippen LogP contribution in [-0.2, 0) is 19.9 Å². The molecule has 0 bridgehead atoms. The van der Waals surface area contributed by atoms with E-state index in [1.165, 1.54) is 16.9 Å². The molecule has 0 spiro atoms. The van der Waals surface area contributed by atoms with Gasteiger partial charge in [0.15, 0.2) is 5.82 Å². The molecule has 1 aliphatic rings. The number of aliphatic hydroxyl groups is 2. The summed E-state index contributed by atoms with van der Waals surface area (Å²) < 4.78 is 12.2. The van der Waals surface area contributed by atoms with Gasteiger partial charge in [-0.2, -0.15) is 10.4 Å². The van der Waals surface area contributed by atoms with Gasteiger partial charge in [0.2, 0.25) is 5.60 Å². The van der Waals surface area contributed by atoms with Gasteiger partial charge in [0.1, 0.15) is 48.9 Å². The Balaban J connectivity index is 1.86. The highest BCUT2D eigenvalue weighted by Gasteiger charge is 2.58. The monoisotopic (exact) mass is 404 g/mol. The number of nitrogen functional groups attached to an aromatic ring is 1. The van der Waals surface area contributed by atoms with Gasteiger partial charge in [0.25, 0.3) is 0 Å². The number of anilines is 1. The van der Waals surface area contributed by atoms with E-state index < -0.39 is 41.3 Å². The predicted molar refractivity (Wildman–Crippen MR) is 100.0 cm³/mol. The van der Waals surface area contributed by atoms with Gasteiger partial charge < -0.3 is 31.2 Å². The molecule has 0 amide bonds. The number of fused-ring (bicyclic) bond motifs is 1. The molecule has 5 atom stereocenters. The number of nitrogens with zero attached hydrogens (tertiary/aromatic N) is 4. The van der Waals surface area contributed by atoms with Crippen molar-refractivity contribution in [1.29, 1.82) is 5.26 Å². The zero-order chi connectivity index (χ0) is 21.6. The van der Waals surface area contributed by atoms with Gasteiger partial charge >= 0.3 is 5.97 Å². The highest BCUT2D eigenvalue weighted by atomic mass is 16.6. The minimum absolute atomic E-state index is 0.163. The molecule has 3 rings (SSSR count). The summed E-state index contributed by atoms with van der Waals surface area (Å²) in [6.07, 6.45) is -3.06. The molecule has 0 aliphatic carbocycles. The minimum atomic E-state index is -1.95. The summed E-state index contributed by atoms with van der Waals surface area (Å²) in [6.45, 7) is 4.98. The van der Waals surface area contributed by atoms with Gasteiger partial charge in [-0.05, 0) is 17.5 Å². The lowest BCUT2D eigenvalue weighted by Crippen LogP contribution is -2.44. The van der Waals surface area contributed by atoms with E-state index in [0.717, 1.165) is 0 Å². The van der Waals surface area contributed by atoms with Crippen molar-refractivity contribution >= 4 is 17.3 Å². The maximum Gasteiger partial charge on any atom is 0.323 e. The van der Waals surface area contributed by atoms with Crippen molar-refractivity contribution < 1.29 is 24.5 Å². The number of hydrogen-bond acceptors (Lipinski definition) is 10. The van der Waals surface area contributed by atoms with Crippen LogP contribution in [-0.4, -0.2) is 61.7 Å². The third-order valence-electron chi connectivity index (χ3n) is 5.06. The first-order valence-corrected chi connectivity index (χ1v) is 8.99. The number of aromatic nitrogens is 3. The van der Waals surface area contributed by atoms with Crippen LogP contribution in [0.2, 0.25) is 0 Å². The number of esters is 1. The Morgan fingerprint density at radius 1 is 1.48 bits per heavy atom. The third kappa shape index (κ3) is 3.40. The van der Waals surface area contributed by atoms with E-state index in [0.29, 0.717) is 5.52 Å². The van der Waals surface area contributed by atoms with Crippen LogP contribution in [0.5, 0.6) is 0 Å². The second-order valence-electron chi connectivity index (χ2n) is 8.07. The number of carbonyl (C=O) groups excluding carboxylic acids is 1. The lowest BCUT2D eigenvalue weighted by atomic mass is 9.87. The molecule has 156 valence electrons. The van der Waals surface area contributed by atoms with E-state index in [1.54, 1.807) is 26.8 Å². The van der Waals surface area contributed by atoms with Crippen LogP contribution in [0.25, 0.3) is 5.52 Å². The van der Waals surface area contributed by atoms with Gasteiger partial charge in [-0.1, -0.05) is 20.8 Å². The number of carbonyl (C=O) groups is 1. The van der Waals surface area contributed by atoms with Gasteiger partial charge in [-0.15, -0.1) is 0 Å². The highest BCUT2D eigenvalue weighted by molar-refractivity contribution is 5.76. The molecule has 1 aliphatic heterocycles. The summed E-state index contributed by atoms with van der Waals surface area (Å²) >= 11 is 0. The first kappa shape index (κ1) is 20.9. The average Bonchev–Trinajstić information content (AvgIpc) is 3.21. The zero-order valence-electron chi connectivity index (χ0n) is 16.3. The fourth-order valence-electron chi connectivity index (χ4n) is 3.16. The summed E-state index contributed by atoms with van der Waals surface area (Å²) in [4.78, 5) is 16.0. The molecule has 2 aromatic rings. The summed E-state index contributed by atoms with van der Waals surface area (Å²) in [5.41, 5.74) is 9.78. The van der Waals surface area contributed by atoms with E-state index in [1.807, 2.05) is 6.07 Å². The minimum Gasteiger partial charge on any atom is -0.462 e. The second kappa shape index (κ2) is 7.23. The second-order valence-corrected chi connectivity index (χ2v) is 8.07. The van der Waals surface area contributed by atoms with Crippen molar-refractivity contribution in [2.75, 3.05) is 12.3 Å². The van der Waals surface area contributed by atoms with Crippen LogP contribution in [0, 0.1) is 16.7 Å². The van der Waals surface area contributed by atoms with Crippen LogP contribution in [0.1, 0.15) is 26.5 Å². The van der Waals surface area contributed by atoms with Crippen molar-refractivity contribution in [2.24, 2.45) is 11.1 Å². The van der Waals surface area contributed by atoms with Crippen molar-refractivity contribution in [3.63, 3.8) is 0 Å². The molecular weight excluding hydrogens is 380 g/mol. The molecule has 6 N–H and O–H groups in total. The zero-order valence-corrected chi connectivity index (χ0v) is 16.3. The van der Waals surface area contributed by atoms with Crippen LogP contribution in [0.4, 0.5) is 5.82 Å². The Morgan fingerprint density at radius 3 is 2.79 bits per heavy atom. The smallest absolute Gasteiger partial charge is 0.323 e. The van der Waals surface area contributed by atoms with Crippen molar-refractivity contribution in [1.82, 2.24) is 14.6 Å². The standard InChI is InChI=1S/C18H24N6O5/c1-17(2,3)13(20)16(27)28-6-10-12(25)14(26)18(7-19,29-10)11-5-4-9-15(21)22-8-23-24(9)11/h4-5,8,10,12-14,25-26H,6,20H2,1-3H3,(H2,21,22,23)/t10-,12-,13+,14-,18+/m1/s1. The van der Waals surface area contributed by atoms with Crippen molar-refractivity contribution in [2.45, 2.75) is 50.7 Å². The molecular formula is C18H24N6O5. The average molecular weight is 404 g/mol. The molecule has 1 saturated heterocycles. The Hall–Kier alpha value is -2.78. The molecule has 0 radical (unpaired) electrons. The summed E-state index contributed by atoms with van der Waals surface area (Å²) in [6, 6.07) is 4.10. The predicted octanol–water partition coefficient (Wildman–Crippen LogP) is -0.932. The fourth-order valence-corrected chi connectivity index (χ4v) is 3.16. The first-order valence-electron chi connectivity index (χ1n) is 8.99. The molecule has 29 heavy (non-hydrogen) atoms. The Kier molecular flexibility index (Phi) is 5.22. The molecule has 11 heteroatoms. The summed E-state index contributed by atoms with van der Waals surface area (Å²) in [5.74, 6) is -0.500. The molecule has 0 aromatic carbocycles. The van der Waals surface area contributed by atoms with E-state index >= 15 is 0 Å². The molecule has 11 nitrogen and oxygen atoms in total. The Labute approximate surface area is 166 Å². The quantitative estimate of drug-likeness (QED) is 0.464. The third-order valence-corrected chi connectivity index (χ3v) is 5.06. The lowest BCUT2D eigenvalue weighted by molar-refractivity contribution is -0.154. The van der Waals surface area contributed by atoms with Crippen molar-refractivity contribution in [3.8, 4) is 6.07 Å². The Morgan fingerprint density at radius 2 is 2.17 bits per heavy atom. The number of hydrogen-bond donors (Lipinski definition) is 4. The van der Waals surface area contributed by atoms with E-state index in [9.17, 15) is 20.3 Å². The molecule has 2 aromatic heterocycles. The molecule has 3 heterocycles. The Bertz CT molecular complexity index is 964. The lowest BCUT2D eigenvalue weighted by Gasteiger charge is -2.26. The van der Waals surface area contributed by atoms with Crippen LogP contribution in [0.3, 0.4) is 0 Å². The number of aliphatic hydroxyl groups excluding tert-OH is 2. The van der Waals surface area contributed by atoms with Crippen molar-refractivity contribution in [3.05, 3.63) is 24.2 Å². The van der Waals surface area contributed by atoms with E-state index in [-0.39, 0.29) is 18.1 Å². The molecule has 0 saturated carbocycles. The maximum atomic E-state index is 12.2. The maximum absolute atomic E-state index is 12.2. The summed E-state index contributed by atoms with van der Waals surface area (Å²) in [5, 5.41) is 35.0. The topological polar surface area (TPSA) is 182 Å². The highest BCUT2D eigenvalue weighted by Crippen LogP contribution is 2.40. The van der Waals surface area contributed by atoms with E-state index in [2.05, 4.69) is 10.1 Å². The molecule has 0 unspecified atom stereocenters. The number of nitrogens with two attached hydrogens (primary N) is 2. The SMILES string of the molecule is CC(C)(C)[C@@H](N)C(=O)OC[C@H]1O[C@@](C#N)(c2ccc3c(N)ncnn23)[C@H](O)[C@@H]1O. The number of nitriles is 1. The van der Waals surface area contributed by atoms with Gasteiger partial charge in [0.05, 0.1) is 5.69 Å². The first-order chi connectivity index (χ1) is 13.5. The normalized spacial score (nSPS) is 28.2. The number of rotatable bonds is 4. The van der Waals surface area contributed by atoms with Crippen LogP contribution in [0.15, 0.2) is 18.5 Å². The summed E-state index contributed by atoms with van der Waals surface area (Å²) in [7, 11) is 0. The van der Waals surface area contributed by atoms with E-state index in [4.69, 9.17) is 20.9 Å². The van der Waals surface area contributed by atoms with Gasteiger partial charge in [-0.3, -0.25) is 4.79 Å². The number of ether oxygens (including phenoxy) is 2. The fraction of sp³-hybridized carbons (Fsp3) is 0.556. The van der Waals surface area contributed by atoms with Crippen LogP contribution >= 0.6 is 0 Å². The molecule has 1 fully saturated rings. The van der Waals surface area contributed by atoms with Gasteiger partial charge in [0, 0.05) is 0 Å². The largest absolute Gasteiger partial charge is 0.462 e. The van der Waals surface area contributed by atoms with Gasteiger partial charge in [-0.25, -0.2) is 9.50 Å². The van der Waals surface area contributed by atoms with Crippen LogP contribution < -0.4 is 11.5 Å².